The fourth-order valence-corrected chi connectivity index (χ4v) is 2.20. The summed E-state index contributed by atoms with van der Waals surface area (Å²) >= 11 is 0. The Kier molecular flexibility index (Phi) is 2.31. The van der Waals surface area contributed by atoms with Crippen LogP contribution in [0.15, 0.2) is 42.6 Å². The van der Waals surface area contributed by atoms with Crippen molar-refractivity contribution in [3.8, 4) is 0 Å². The number of quaternary nitrogens is 1. The van der Waals surface area contributed by atoms with Crippen LogP contribution in [0.4, 0.5) is 0 Å². The molecule has 2 nitrogen and oxygen atoms in total. The van der Waals surface area contributed by atoms with Gasteiger partial charge >= 0.3 is 0 Å². The Balaban J connectivity index is 2.31. The summed E-state index contributed by atoms with van der Waals surface area (Å²) in [6, 6.07) is 10.6. The number of hydrogen-bond acceptors (Lipinski definition) is 1. The van der Waals surface area contributed by atoms with Crippen LogP contribution < -0.4 is 5.32 Å². The third kappa shape index (κ3) is 1.65. The van der Waals surface area contributed by atoms with Gasteiger partial charge in [-0.25, -0.2) is 0 Å². The summed E-state index contributed by atoms with van der Waals surface area (Å²) in [7, 11) is 2.12. The molecule has 80 valence electrons. The van der Waals surface area contributed by atoms with Crippen LogP contribution in [0, 0.1) is 0 Å². The monoisotopic (exact) mass is 203 g/mol. The van der Waals surface area contributed by atoms with Crippen LogP contribution >= 0.6 is 0 Å². The van der Waals surface area contributed by atoms with Gasteiger partial charge in [0.2, 0.25) is 0 Å². The molecule has 0 aromatic heterocycles. The zero-order chi connectivity index (χ0) is 11.1. The van der Waals surface area contributed by atoms with Gasteiger partial charge in [0.15, 0.2) is 6.17 Å². The van der Waals surface area contributed by atoms with Gasteiger partial charge in [-0.2, -0.15) is 0 Å². The molecule has 1 aliphatic heterocycles. The molecule has 1 fully saturated rings. The van der Waals surface area contributed by atoms with Crippen molar-refractivity contribution in [3.63, 3.8) is 0 Å². The van der Waals surface area contributed by atoms with E-state index >= 15 is 0 Å². The molecule has 1 aromatic rings. The molecule has 1 saturated heterocycles. The molecule has 0 aliphatic carbocycles. The van der Waals surface area contributed by atoms with Crippen LogP contribution in [0.25, 0.3) is 0 Å². The van der Waals surface area contributed by atoms with Crippen molar-refractivity contribution < 1.29 is 5.32 Å². The Hall–Kier alpha value is -1.28. The quantitative estimate of drug-likeness (QED) is 0.733. The highest BCUT2D eigenvalue weighted by Gasteiger charge is 2.42. The lowest BCUT2D eigenvalue weighted by atomic mass is 10.0. The van der Waals surface area contributed by atoms with E-state index in [9.17, 15) is 0 Å². The van der Waals surface area contributed by atoms with Gasteiger partial charge in [0.05, 0.1) is 5.70 Å². The summed E-state index contributed by atoms with van der Waals surface area (Å²) in [6.07, 6.45) is 0.369. The van der Waals surface area contributed by atoms with Crippen molar-refractivity contribution in [2.24, 2.45) is 0 Å². The van der Waals surface area contributed by atoms with E-state index in [0.29, 0.717) is 6.17 Å². The molecular weight excluding hydrogens is 184 g/mol. The second-order valence-corrected chi connectivity index (χ2v) is 4.80. The lowest BCUT2D eigenvalue weighted by Gasteiger charge is -2.17. The average molecular weight is 203 g/mol. The summed E-state index contributed by atoms with van der Waals surface area (Å²) in [5, 5.41) is 2.37. The summed E-state index contributed by atoms with van der Waals surface area (Å²) in [6.45, 7) is 8.59. The first kappa shape index (κ1) is 10.2. The highest BCUT2D eigenvalue weighted by atomic mass is 15.4. The fourth-order valence-electron chi connectivity index (χ4n) is 2.20. The molecule has 0 radical (unpaired) electrons. The molecule has 0 amide bonds. The molecule has 2 heteroatoms. The maximum Gasteiger partial charge on any atom is 0.188 e. The van der Waals surface area contributed by atoms with Gasteiger partial charge in [-0.05, 0) is 13.8 Å². The van der Waals surface area contributed by atoms with Gasteiger partial charge in [-0.15, -0.1) is 0 Å². The molecule has 15 heavy (non-hydrogen) atoms. The highest BCUT2D eigenvalue weighted by molar-refractivity contribution is 5.21. The van der Waals surface area contributed by atoms with Crippen molar-refractivity contribution >= 4 is 0 Å². The first-order valence-electron chi connectivity index (χ1n) is 5.35. The largest absolute Gasteiger partial charge is 0.320 e. The van der Waals surface area contributed by atoms with E-state index < -0.39 is 0 Å². The summed E-state index contributed by atoms with van der Waals surface area (Å²) in [5.41, 5.74) is 2.64. The van der Waals surface area contributed by atoms with E-state index in [2.05, 4.69) is 68.0 Å². The average Bonchev–Trinajstić information content (AvgIpc) is 2.44. The second-order valence-electron chi connectivity index (χ2n) is 4.80. The number of hydrogen-bond donors (Lipinski definition) is 1. The normalized spacial score (nSPS) is 24.6. The van der Waals surface area contributed by atoms with Gasteiger partial charge < -0.3 is 10.2 Å². The van der Waals surface area contributed by atoms with Crippen molar-refractivity contribution in [1.29, 1.82) is 0 Å². The van der Waals surface area contributed by atoms with Crippen LogP contribution in [0.3, 0.4) is 0 Å². The summed E-state index contributed by atoms with van der Waals surface area (Å²) in [4.78, 5) is 2.26. The van der Waals surface area contributed by atoms with Gasteiger partial charge in [-0.3, -0.25) is 0 Å². The Morgan fingerprint density at radius 3 is 2.33 bits per heavy atom. The highest BCUT2D eigenvalue weighted by Crippen LogP contribution is 2.27. The Morgan fingerprint density at radius 1 is 1.27 bits per heavy atom. The molecule has 0 spiro atoms. The third-order valence-electron chi connectivity index (χ3n) is 3.30. The van der Waals surface area contributed by atoms with Crippen LogP contribution in [-0.4, -0.2) is 17.5 Å². The van der Waals surface area contributed by atoms with E-state index in [1.54, 1.807) is 0 Å². The summed E-state index contributed by atoms with van der Waals surface area (Å²) < 4.78 is 0. The zero-order valence-corrected chi connectivity index (χ0v) is 9.70. The third-order valence-corrected chi connectivity index (χ3v) is 3.30. The molecule has 1 unspecified atom stereocenters. The van der Waals surface area contributed by atoms with Crippen molar-refractivity contribution in [3.05, 3.63) is 48.2 Å². The minimum absolute atomic E-state index is 0.106. The first-order chi connectivity index (χ1) is 7.02. The number of nitrogens with zero attached hydrogens (tertiary/aromatic N) is 1. The van der Waals surface area contributed by atoms with Gasteiger partial charge in [0.25, 0.3) is 0 Å². The van der Waals surface area contributed by atoms with E-state index in [4.69, 9.17) is 0 Å². The van der Waals surface area contributed by atoms with Crippen LogP contribution in [0.1, 0.15) is 25.6 Å². The number of rotatable bonds is 1. The Bertz CT molecular complexity index is 367. The standard InChI is InChI=1S/C13H18N2/c1-10-13(2,3)14-12(15(10)4)11-8-6-5-7-9-11/h5-9,12,14H,1H2,2-4H3/p+1. The van der Waals surface area contributed by atoms with E-state index in [1.807, 2.05) is 0 Å². The predicted octanol–water partition coefficient (Wildman–Crippen LogP) is 1.49. The van der Waals surface area contributed by atoms with E-state index in [1.165, 1.54) is 11.3 Å². The lowest BCUT2D eigenvalue weighted by molar-refractivity contribution is -0.740. The van der Waals surface area contributed by atoms with Crippen molar-refractivity contribution in [2.45, 2.75) is 25.6 Å². The smallest absolute Gasteiger partial charge is 0.188 e. The topological polar surface area (TPSA) is 19.9 Å². The molecule has 1 aliphatic rings. The van der Waals surface area contributed by atoms with Gasteiger partial charge in [-0.1, -0.05) is 36.9 Å². The molecule has 0 saturated carbocycles. The van der Waals surface area contributed by atoms with Crippen LogP contribution in [-0.2, 0) is 0 Å². The maximum absolute atomic E-state index is 4.16. The lowest BCUT2D eigenvalue weighted by Crippen LogP contribution is -2.93. The van der Waals surface area contributed by atoms with Crippen molar-refractivity contribution in [1.82, 2.24) is 4.90 Å². The second kappa shape index (κ2) is 3.38. The Morgan fingerprint density at radius 2 is 1.87 bits per heavy atom. The molecule has 1 aromatic carbocycles. The fraction of sp³-hybridized carbons (Fsp3) is 0.385. The molecule has 1 atom stereocenters. The maximum atomic E-state index is 4.16. The predicted molar refractivity (Wildman–Crippen MR) is 62.1 cm³/mol. The minimum atomic E-state index is 0.106. The zero-order valence-electron chi connectivity index (χ0n) is 9.70. The van der Waals surface area contributed by atoms with E-state index in [-0.39, 0.29) is 5.54 Å². The first-order valence-corrected chi connectivity index (χ1v) is 5.35. The molecule has 2 rings (SSSR count). The van der Waals surface area contributed by atoms with Gasteiger partial charge in [0, 0.05) is 12.6 Å². The number of nitrogens with two attached hydrogens (primary N) is 1. The number of likely N-dealkylation sites (N-methyl/N-ethyl adjacent to an activating group) is 1. The molecular formula is C13H19N2+. The summed E-state index contributed by atoms with van der Waals surface area (Å²) in [5.74, 6) is 0. The van der Waals surface area contributed by atoms with Gasteiger partial charge in [0.1, 0.15) is 5.54 Å². The van der Waals surface area contributed by atoms with Crippen molar-refractivity contribution in [2.75, 3.05) is 7.05 Å². The molecule has 1 heterocycles. The SMILES string of the molecule is C=C1N(C)C(c2ccccc2)[NH2+]C1(C)C. The molecule has 2 N–H and O–H groups in total. The Labute approximate surface area is 91.6 Å². The minimum Gasteiger partial charge on any atom is -0.320 e. The molecule has 0 bridgehead atoms. The van der Waals surface area contributed by atoms with Crippen LogP contribution in [0.5, 0.6) is 0 Å². The van der Waals surface area contributed by atoms with Crippen LogP contribution in [0.2, 0.25) is 0 Å². The van der Waals surface area contributed by atoms with E-state index in [0.717, 1.165) is 0 Å². The number of benzene rings is 1.